The Bertz CT molecular complexity index is 484. The number of carbonyl (C=O) groups excluding carboxylic acids is 1. The molecule has 0 amide bonds. The fraction of sp³-hybridized carbons (Fsp3) is 0.643. The molecule has 20 heavy (non-hydrogen) atoms. The molecule has 1 aromatic heterocycles. The second-order valence-electron chi connectivity index (χ2n) is 5.60. The Labute approximate surface area is 124 Å². The molecule has 0 radical (unpaired) electrons. The van der Waals surface area contributed by atoms with Gasteiger partial charge < -0.3 is 4.90 Å². The predicted molar refractivity (Wildman–Crippen MR) is 80.7 cm³/mol. The first-order chi connectivity index (χ1) is 9.51. The van der Waals surface area contributed by atoms with Crippen molar-refractivity contribution in [1.82, 2.24) is 14.9 Å². The zero-order valence-corrected chi connectivity index (χ0v) is 13.0. The van der Waals surface area contributed by atoms with Crippen LogP contribution >= 0.6 is 11.6 Å². The molecule has 0 aliphatic carbocycles. The van der Waals surface area contributed by atoms with Crippen molar-refractivity contribution >= 4 is 23.7 Å². The molecule has 0 saturated carbocycles. The van der Waals surface area contributed by atoms with E-state index in [1.807, 2.05) is 0 Å². The molecule has 2 rings (SSSR count). The lowest BCUT2D eigenvalue weighted by molar-refractivity contribution is 0.112. The molecule has 110 valence electrons. The Balaban J connectivity index is 2.12. The number of hydrogen-bond donors (Lipinski definition) is 0. The van der Waals surface area contributed by atoms with E-state index in [2.05, 4.69) is 33.6 Å². The third kappa shape index (κ3) is 3.46. The lowest BCUT2D eigenvalue weighted by Gasteiger charge is -2.36. The third-order valence-corrected chi connectivity index (χ3v) is 3.69. The van der Waals surface area contributed by atoms with Gasteiger partial charge in [0.1, 0.15) is 16.8 Å². The molecule has 1 aliphatic rings. The summed E-state index contributed by atoms with van der Waals surface area (Å²) < 4.78 is 0. The van der Waals surface area contributed by atoms with Gasteiger partial charge in [-0.3, -0.25) is 9.69 Å². The Morgan fingerprint density at radius 1 is 1.25 bits per heavy atom. The molecule has 1 aromatic rings. The van der Waals surface area contributed by atoms with Gasteiger partial charge in [0.05, 0.1) is 5.56 Å². The van der Waals surface area contributed by atoms with E-state index in [0.717, 1.165) is 39.0 Å². The minimum absolute atomic E-state index is 0.243. The second-order valence-corrected chi connectivity index (χ2v) is 5.96. The summed E-state index contributed by atoms with van der Waals surface area (Å²) in [4.78, 5) is 24.2. The van der Waals surface area contributed by atoms with E-state index in [1.54, 1.807) is 6.92 Å². The number of aldehydes is 1. The van der Waals surface area contributed by atoms with Gasteiger partial charge in [-0.15, -0.1) is 0 Å². The summed E-state index contributed by atoms with van der Waals surface area (Å²) in [7, 11) is 0. The fourth-order valence-electron chi connectivity index (χ4n) is 2.53. The normalized spacial score (nSPS) is 16.8. The maximum absolute atomic E-state index is 11.2. The number of carbonyl (C=O) groups is 1. The van der Waals surface area contributed by atoms with E-state index in [1.165, 1.54) is 0 Å². The van der Waals surface area contributed by atoms with Gasteiger partial charge in [0.25, 0.3) is 0 Å². The van der Waals surface area contributed by atoms with E-state index in [9.17, 15) is 4.79 Å². The minimum atomic E-state index is 0.243. The summed E-state index contributed by atoms with van der Waals surface area (Å²) in [6.07, 6.45) is 0.748. The highest BCUT2D eigenvalue weighted by Gasteiger charge is 2.22. The highest BCUT2D eigenvalue weighted by atomic mass is 35.5. The van der Waals surface area contributed by atoms with Crippen molar-refractivity contribution in [3.63, 3.8) is 0 Å². The first-order valence-electron chi connectivity index (χ1n) is 6.98. The van der Waals surface area contributed by atoms with Crippen molar-refractivity contribution in [2.45, 2.75) is 20.8 Å². The maximum atomic E-state index is 11.2. The van der Waals surface area contributed by atoms with E-state index < -0.39 is 0 Å². The van der Waals surface area contributed by atoms with Crippen molar-refractivity contribution < 1.29 is 4.79 Å². The number of rotatable bonds is 4. The molecule has 1 fully saturated rings. The first-order valence-corrected chi connectivity index (χ1v) is 7.35. The lowest BCUT2D eigenvalue weighted by atomic mass is 10.2. The standard InChI is InChI=1S/C14H21ClN4O/c1-10(2)8-18-4-6-19(7-5-18)14-12(9-20)13(15)16-11(3)17-14/h9-10H,4-8H2,1-3H3. The minimum Gasteiger partial charge on any atom is -0.353 e. The number of hydrogen-bond acceptors (Lipinski definition) is 5. The van der Waals surface area contributed by atoms with Crippen LogP contribution in [-0.2, 0) is 0 Å². The zero-order valence-electron chi connectivity index (χ0n) is 12.3. The number of aryl methyl sites for hydroxylation is 1. The molecule has 1 aliphatic heterocycles. The summed E-state index contributed by atoms with van der Waals surface area (Å²) in [6, 6.07) is 0. The van der Waals surface area contributed by atoms with Crippen molar-refractivity contribution in [2.24, 2.45) is 5.92 Å². The largest absolute Gasteiger partial charge is 0.353 e. The van der Waals surface area contributed by atoms with Gasteiger partial charge in [-0.2, -0.15) is 0 Å². The van der Waals surface area contributed by atoms with Crippen LogP contribution in [0.25, 0.3) is 0 Å². The summed E-state index contributed by atoms with van der Waals surface area (Å²) in [6.45, 7) is 11.0. The van der Waals surface area contributed by atoms with Gasteiger partial charge in [0.15, 0.2) is 6.29 Å². The average molecular weight is 297 g/mol. The molecular weight excluding hydrogens is 276 g/mol. The van der Waals surface area contributed by atoms with Crippen LogP contribution in [0.15, 0.2) is 0 Å². The van der Waals surface area contributed by atoms with Crippen LogP contribution in [-0.4, -0.2) is 53.9 Å². The van der Waals surface area contributed by atoms with Crippen LogP contribution in [0.4, 0.5) is 5.82 Å². The molecule has 0 aromatic carbocycles. The topological polar surface area (TPSA) is 49.3 Å². The highest BCUT2D eigenvalue weighted by Crippen LogP contribution is 2.23. The van der Waals surface area contributed by atoms with Crippen LogP contribution in [0.5, 0.6) is 0 Å². The van der Waals surface area contributed by atoms with E-state index in [-0.39, 0.29) is 5.15 Å². The van der Waals surface area contributed by atoms with Crippen molar-refractivity contribution in [2.75, 3.05) is 37.6 Å². The Morgan fingerprint density at radius 3 is 2.45 bits per heavy atom. The maximum Gasteiger partial charge on any atom is 0.156 e. The Hall–Kier alpha value is -1.20. The van der Waals surface area contributed by atoms with Crippen LogP contribution in [0.3, 0.4) is 0 Å². The van der Waals surface area contributed by atoms with Gasteiger partial charge in [-0.25, -0.2) is 9.97 Å². The SMILES string of the molecule is Cc1nc(Cl)c(C=O)c(N2CCN(CC(C)C)CC2)n1. The number of nitrogens with zero attached hydrogens (tertiary/aromatic N) is 4. The molecule has 0 N–H and O–H groups in total. The van der Waals surface area contributed by atoms with E-state index in [0.29, 0.717) is 23.1 Å². The van der Waals surface area contributed by atoms with Gasteiger partial charge in [-0.05, 0) is 12.8 Å². The third-order valence-electron chi connectivity index (χ3n) is 3.40. The Morgan fingerprint density at radius 2 is 1.90 bits per heavy atom. The molecule has 0 unspecified atom stereocenters. The first kappa shape index (κ1) is 15.2. The summed E-state index contributed by atoms with van der Waals surface area (Å²) in [5.41, 5.74) is 0.398. The lowest BCUT2D eigenvalue weighted by Crippen LogP contribution is -2.48. The zero-order chi connectivity index (χ0) is 14.7. The molecule has 6 heteroatoms. The average Bonchev–Trinajstić information content (AvgIpc) is 2.38. The molecule has 1 saturated heterocycles. The van der Waals surface area contributed by atoms with Gasteiger partial charge in [0.2, 0.25) is 0 Å². The molecule has 0 spiro atoms. The summed E-state index contributed by atoms with van der Waals surface area (Å²) >= 11 is 6.03. The molecular formula is C14H21ClN4O. The highest BCUT2D eigenvalue weighted by molar-refractivity contribution is 6.32. The summed E-state index contributed by atoms with van der Waals surface area (Å²) in [5.74, 6) is 1.93. The fourth-order valence-corrected chi connectivity index (χ4v) is 2.79. The van der Waals surface area contributed by atoms with Crippen molar-refractivity contribution in [1.29, 1.82) is 0 Å². The molecule has 0 atom stereocenters. The van der Waals surface area contributed by atoms with Gasteiger partial charge in [0, 0.05) is 32.7 Å². The van der Waals surface area contributed by atoms with Crippen LogP contribution in [0, 0.1) is 12.8 Å². The smallest absolute Gasteiger partial charge is 0.156 e. The predicted octanol–water partition coefficient (Wildman–Crippen LogP) is 2.03. The molecule has 5 nitrogen and oxygen atoms in total. The Kier molecular flexibility index (Phi) is 4.94. The van der Waals surface area contributed by atoms with Crippen molar-refractivity contribution in [3.05, 3.63) is 16.5 Å². The second kappa shape index (κ2) is 6.50. The van der Waals surface area contributed by atoms with Gasteiger partial charge >= 0.3 is 0 Å². The number of aromatic nitrogens is 2. The molecule has 2 heterocycles. The quantitative estimate of drug-likeness (QED) is 0.628. The van der Waals surface area contributed by atoms with Gasteiger partial charge in [-0.1, -0.05) is 25.4 Å². The van der Waals surface area contributed by atoms with E-state index in [4.69, 9.17) is 11.6 Å². The van der Waals surface area contributed by atoms with Crippen LogP contribution < -0.4 is 4.90 Å². The monoisotopic (exact) mass is 296 g/mol. The number of halogens is 1. The molecule has 0 bridgehead atoms. The van der Waals surface area contributed by atoms with Crippen LogP contribution in [0.2, 0.25) is 5.15 Å². The number of piperazine rings is 1. The van der Waals surface area contributed by atoms with Crippen LogP contribution in [0.1, 0.15) is 30.0 Å². The van der Waals surface area contributed by atoms with Crippen molar-refractivity contribution in [3.8, 4) is 0 Å². The van der Waals surface area contributed by atoms with E-state index >= 15 is 0 Å². The summed E-state index contributed by atoms with van der Waals surface area (Å²) in [5, 5.41) is 0.243. The number of anilines is 1.